The van der Waals surface area contributed by atoms with Crippen molar-refractivity contribution in [3.05, 3.63) is 46.3 Å². The summed E-state index contributed by atoms with van der Waals surface area (Å²) in [6.07, 6.45) is 0. The Morgan fingerprint density at radius 2 is 1.62 bits per heavy atom. The number of carbonyl (C=O) groups excluding carboxylic acids is 2. The second-order valence-corrected chi connectivity index (χ2v) is 6.18. The maximum Gasteiger partial charge on any atom is 0.243 e. The van der Waals surface area contributed by atoms with Crippen LogP contribution in [-0.2, 0) is 16.1 Å². The molecule has 2 N–H and O–H groups in total. The predicted molar refractivity (Wildman–Crippen MR) is 94.0 cm³/mol. The van der Waals surface area contributed by atoms with Crippen molar-refractivity contribution in [3.63, 3.8) is 0 Å². The Kier molecular flexibility index (Phi) is 5.39. The van der Waals surface area contributed by atoms with Crippen LogP contribution in [0.5, 0.6) is 0 Å². The van der Waals surface area contributed by atoms with Crippen LogP contribution >= 0.6 is 0 Å². The number of hydrogen-bond acceptors (Lipinski definition) is 3. The summed E-state index contributed by atoms with van der Waals surface area (Å²) >= 11 is 0. The minimum Gasteiger partial charge on any atom is -0.345 e. The van der Waals surface area contributed by atoms with Crippen LogP contribution < -0.4 is 10.6 Å². The number of nitrogens with zero attached hydrogens (tertiary/aromatic N) is 2. The second kappa shape index (κ2) is 7.29. The third-order valence-electron chi connectivity index (χ3n) is 3.78. The van der Waals surface area contributed by atoms with Gasteiger partial charge in [0.05, 0.1) is 12.2 Å². The molecule has 24 heavy (non-hydrogen) atoms. The lowest BCUT2D eigenvalue weighted by atomic mass is 10.1. The fraction of sp³-hybridized carbons (Fsp3) is 0.389. The lowest BCUT2D eigenvalue weighted by Gasteiger charge is -2.13. The fourth-order valence-corrected chi connectivity index (χ4v) is 2.77. The van der Waals surface area contributed by atoms with E-state index in [9.17, 15) is 9.59 Å². The van der Waals surface area contributed by atoms with Crippen LogP contribution in [0.4, 0.5) is 5.69 Å². The fourth-order valence-electron chi connectivity index (χ4n) is 2.77. The summed E-state index contributed by atoms with van der Waals surface area (Å²) in [5.41, 5.74) is 5.76. The van der Waals surface area contributed by atoms with E-state index in [1.807, 2.05) is 52.8 Å². The molecular weight excluding hydrogens is 304 g/mol. The molecule has 6 nitrogen and oxygen atoms in total. The first-order valence-electron chi connectivity index (χ1n) is 7.91. The summed E-state index contributed by atoms with van der Waals surface area (Å²) in [7, 11) is 0. The van der Waals surface area contributed by atoms with Gasteiger partial charge in [-0.2, -0.15) is 5.10 Å². The Morgan fingerprint density at radius 1 is 1.00 bits per heavy atom. The average Bonchev–Trinajstić information content (AvgIpc) is 2.78. The van der Waals surface area contributed by atoms with Crippen molar-refractivity contribution in [2.45, 2.75) is 41.2 Å². The molecule has 2 aromatic rings. The summed E-state index contributed by atoms with van der Waals surface area (Å²) < 4.78 is 1.62. The van der Waals surface area contributed by atoms with Gasteiger partial charge in [0.25, 0.3) is 0 Å². The quantitative estimate of drug-likeness (QED) is 0.883. The summed E-state index contributed by atoms with van der Waals surface area (Å²) in [5, 5.41) is 9.72. The first-order chi connectivity index (χ1) is 11.3. The van der Waals surface area contributed by atoms with Crippen molar-refractivity contribution in [2.75, 3.05) is 11.9 Å². The maximum absolute atomic E-state index is 12.1. The molecule has 1 aromatic heterocycles. The minimum absolute atomic E-state index is 0.0646. The topological polar surface area (TPSA) is 76.0 Å². The number of aryl methyl sites for hydroxylation is 5. The normalized spacial score (nSPS) is 10.5. The molecule has 2 rings (SSSR count). The summed E-state index contributed by atoms with van der Waals surface area (Å²) in [6.45, 7) is 9.74. The Morgan fingerprint density at radius 3 is 2.17 bits per heavy atom. The molecule has 0 radical (unpaired) electrons. The number of rotatable bonds is 5. The van der Waals surface area contributed by atoms with Crippen LogP contribution in [0.1, 0.15) is 28.1 Å². The Balaban J connectivity index is 1.89. The molecule has 0 saturated heterocycles. The number of aromatic nitrogens is 2. The van der Waals surface area contributed by atoms with Crippen LogP contribution in [0.15, 0.2) is 18.2 Å². The molecule has 6 heteroatoms. The minimum atomic E-state index is -0.244. The zero-order valence-corrected chi connectivity index (χ0v) is 14.9. The van der Waals surface area contributed by atoms with E-state index in [4.69, 9.17) is 0 Å². The second-order valence-electron chi connectivity index (χ2n) is 6.18. The molecule has 0 unspecified atom stereocenters. The first-order valence-corrected chi connectivity index (χ1v) is 7.91. The van der Waals surface area contributed by atoms with Gasteiger partial charge in [-0.15, -0.1) is 0 Å². The molecule has 1 aromatic carbocycles. The lowest BCUT2D eigenvalue weighted by molar-refractivity contribution is -0.124. The monoisotopic (exact) mass is 328 g/mol. The van der Waals surface area contributed by atoms with Gasteiger partial charge in [-0.25, -0.2) is 0 Å². The summed E-state index contributed by atoms with van der Waals surface area (Å²) in [4.78, 5) is 24.0. The predicted octanol–water partition coefficient (Wildman–Crippen LogP) is 2.18. The molecule has 0 spiro atoms. The highest BCUT2D eigenvalue weighted by Crippen LogP contribution is 2.21. The van der Waals surface area contributed by atoms with Gasteiger partial charge in [0.2, 0.25) is 11.8 Å². The number of hydrogen-bond donors (Lipinski definition) is 2. The number of amides is 2. The Hall–Kier alpha value is -2.63. The van der Waals surface area contributed by atoms with Crippen molar-refractivity contribution in [1.29, 1.82) is 0 Å². The standard InChI is InChI=1S/C18H24N4O2/c1-11-6-12(2)18(13(3)7-11)20-16(23)9-19-17(24)10-22-15(5)8-14(4)21-22/h6-8H,9-10H2,1-5H3,(H,19,24)(H,20,23). The van der Waals surface area contributed by atoms with Crippen molar-refractivity contribution >= 4 is 17.5 Å². The van der Waals surface area contributed by atoms with E-state index < -0.39 is 0 Å². The smallest absolute Gasteiger partial charge is 0.243 e. The highest BCUT2D eigenvalue weighted by Gasteiger charge is 2.11. The van der Waals surface area contributed by atoms with Crippen LogP contribution in [-0.4, -0.2) is 28.1 Å². The average molecular weight is 328 g/mol. The van der Waals surface area contributed by atoms with Crippen molar-refractivity contribution < 1.29 is 9.59 Å². The van der Waals surface area contributed by atoms with Crippen LogP contribution in [0.3, 0.4) is 0 Å². The Bertz CT molecular complexity index is 754. The van der Waals surface area contributed by atoms with Gasteiger partial charge in [0.1, 0.15) is 6.54 Å². The molecule has 1 heterocycles. The highest BCUT2D eigenvalue weighted by molar-refractivity contribution is 5.95. The number of carbonyl (C=O) groups is 2. The molecule has 0 aliphatic carbocycles. The molecule has 0 fully saturated rings. The van der Waals surface area contributed by atoms with E-state index >= 15 is 0 Å². The number of nitrogens with one attached hydrogen (secondary N) is 2. The van der Waals surface area contributed by atoms with Gasteiger partial charge in [0, 0.05) is 11.4 Å². The van der Waals surface area contributed by atoms with E-state index in [2.05, 4.69) is 15.7 Å². The lowest BCUT2D eigenvalue weighted by Crippen LogP contribution is -2.35. The van der Waals surface area contributed by atoms with Crippen molar-refractivity contribution in [1.82, 2.24) is 15.1 Å². The zero-order chi connectivity index (χ0) is 17.9. The van der Waals surface area contributed by atoms with Gasteiger partial charge in [-0.1, -0.05) is 17.7 Å². The molecule has 2 amide bonds. The first kappa shape index (κ1) is 17.7. The largest absolute Gasteiger partial charge is 0.345 e. The van der Waals surface area contributed by atoms with Gasteiger partial charge in [-0.3, -0.25) is 14.3 Å². The third-order valence-corrected chi connectivity index (χ3v) is 3.78. The molecule has 0 aliphatic heterocycles. The van der Waals surface area contributed by atoms with Crippen LogP contribution in [0.2, 0.25) is 0 Å². The number of benzene rings is 1. The summed E-state index contributed by atoms with van der Waals surface area (Å²) in [6, 6.07) is 5.94. The molecular formula is C18H24N4O2. The van der Waals surface area contributed by atoms with Gasteiger partial charge in [0.15, 0.2) is 0 Å². The van der Waals surface area contributed by atoms with E-state index in [0.29, 0.717) is 0 Å². The van der Waals surface area contributed by atoms with Crippen molar-refractivity contribution in [2.24, 2.45) is 0 Å². The maximum atomic E-state index is 12.1. The molecule has 0 atom stereocenters. The third kappa shape index (κ3) is 4.44. The molecule has 128 valence electrons. The van der Waals surface area contributed by atoms with Crippen LogP contribution in [0, 0.1) is 34.6 Å². The summed E-state index contributed by atoms with van der Waals surface area (Å²) in [5.74, 6) is -0.486. The van der Waals surface area contributed by atoms with E-state index in [0.717, 1.165) is 33.8 Å². The van der Waals surface area contributed by atoms with Crippen molar-refractivity contribution in [3.8, 4) is 0 Å². The number of anilines is 1. The van der Waals surface area contributed by atoms with E-state index in [1.54, 1.807) is 4.68 Å². The van der Waals surface area contributed by atoms with Crippen LogP contribution in [0.25, 0.3) is 0 Å². The SMILES string of the molecule is Cc1cc(C)c(NC(=O)CNC(=O)Cn2nc(C)cc2C)c(C)c1. The van der Waals surface area contributed by atoms with Gasteiger partial charge >= 0.3 is 0 Å². The van der Waals surface area contributed by atoms with Gasteiger partial charge in [-0.05, 0) is 51.8 Å². The van der Waals surface area contributed by atoms with E-state index in [-0.39, 0.29) is 24.9 Å². The Labute approximate surface area is 142 Å². The van der Waals surface area contributed by atoms with Gasteiger partial charge < -0.3 is 10.6 Å². The highest BCUT2D eigenvalue weighted by atomic mass is 16.2. The molecule has 0 bridgehead atoms. The zero-order valence-electron chi connectivity index (χ0n) is 14.9. The van der Waals surface area contributed by atoms with E-state index in [1.165, 1.54) is 0 Å². The molecule has 0 aliphatic rings. The molecule has 0 saturated carbocycles.